The largest absolute Gasteiger partial charge is 0.352 e. The van der Waals surface area contributed by atoms with Crippen molar-refractivity contribution in [1.29, 1.82) is 0 Å². The first-order valence-electron chi connectivity index (χ1n) is 6.60. The van der Waals surface area contributed by atoms with Gasteiger partial charge in [0.2, 0.25) is 5.91 Å². The van der Waals surface area contributed by atoms with Crippen molar-refractivity contribution in [3.63, 3.8) is 0 Å². The van der Waals surface area contributed by atoms with Crippen molar-refractivity contribution in [2.45, 2.75) is 45.6 Å². The fourth-order valence-electron chi connectivity index (χ4n) is 1.77. The van der Waals surface area contributed by atoms with E-state index < -0.39 is 0 Å². The summed E-state index contributed by atoms with van der Waals surface area (Å²) in [6.07, 6.45) is 8.37. The number of carbonyl (C=O) groups is 1. The summed E-state index contributed by atoms with van der Waals surface area (Å²) in [5.74, 6) is 0.124. The number of nitrogens with one attached hydrogen (secondary N) is 1. The Morgan fingerprint density at radius 3 is 2.83 bits per heavy atom. The lowest BCUT2D eigenvalue weighted by Gasteiger charge is -2.07. The number of pyridine rings is 1. The minimum Gasteiger partial charge on any atom is -0.352 e. The number of nitrogens with two attached hydrogens (primary N) is 1. The predicted octanol–water partition coefficient (Wildman–Crippen LogP) is 1.92. The van der Waals surface area contributed by atoms with Crippen molar-refractivity contribution in [3.8, 4) is 0 Å². The molecule has 0 spiro atoms. The van der Waals surface area contributed by atoms with E-state index in [1.165, 1.54) is 0 Å². The van der Waals surface area contributed by atoms with Crippen molar-refractivity contribution in [3.05, 3.63) is 29.6 Å². The zero-order valence-corrected chi connectivity index (χ0v) is 11.1. The van der Waals surface area contributed by atoms with Gasteiger partial charge in [0.05, 0.1) is 0 Å². The lowest BCUT2D eigenvalue weighted by Crippen LogP contribution is -2.22. The highest BCUT2D eigenvalue weighted by molar-refractivity contribution is 5.75. The summed E-state index contributed by atoms with van der Waals surface area (Å²) >= 11 is 0. The first-order chi connectivity index (χ1) is 8.74. The van der Waals surface area contributed by atoms with Crippen LogP contribution in [0, 0.1) is 6.92 Å². The van der Waals surface area contributed by atoms with E-state index >= 15 is 0 Å². The van der Waals surface area contributed by atoms with Gasteiger partial charge in [-0.2, -0.15) is 0 Å². The third-order valence-electron chi connectivity index (χ3n) is 2.97. The van der Waals surface area contributed by atoms with Crippen LogP contribution in [-0.2, 0) is 11.3 Å². The van der Waals surface area contributed by atoms with E-state index in [1.54, 1.807) is 6.20 Å². The Morgan fingerprint density at radius 1 is 1.33 bits per heavy atom. The maximum atomic E-state index is 11.6. The monoisotopic (exact) mass is 249 g/mol. The molecule has 4 nitrogen and oxygen atoms in total. The van der Waals surface area contributed by atoms with Gasteiger partial charge in [0.15, 0.2) is 0 Å². The Bertz CT molecular complexity index is 366. The predicted molar refractivity (Wildman–Crippen MR) is 73.0 cm³/mol. The Balaban J connectivity index is 2.15. The number of amides is 1. The highest BCUT2D eigenvalue weighted by atomic mass is 16.1. The van der Waals surface area contributed by atoms with Gasteiger partial charge in [-0.1, -0.05) is 12.8 Å². The molecule has 1 amide bonds. The molecule has 0 bridgehead atoms. The molecule has 1 heterocycles. The highest BCUT2D eigenvalue weighted by Gasteiger charge is 2.02. The number of unbranched alkanes of at least 4 members (excludes halogenated alkanes) is 3. The highest BCUT2D eigenvalue weighted by Crippen LogP contribution is 2.05. The van der Waals surface area contributed by atoms with E-state index in [4.69, 9.17) is 5.73 Å². The minimum absolute atomic E-state index is 0.124. The summed E-state index contributed by atoms with van der Waals surface area (Å²) in [5, 5.41) is 2.94. The van der Waals surface area contributed by atoms with E-state index in [2.05, 4.69) is 10.3 Å². The van der Waals surface area contributed by atoms with Crippen LogP contribution in [0.2, 0.25) is 0 Å². The van der Waals surface area contributed by atoms with E-state index in [1.807, 2.05) is 19.2 Å². The minimum atomic E-state index is 0.124. The lowest BCUT2D eigenvalue weighted by molar-refractivity contribution is -0.121. The zero-order chi connectivity index (χ0) is 13.2. The van der Waals surface area contributed by atoms with Crippen LogP contribution < -0.4 is 11.1 Å². The molecule has 1 aromatic rings. The average molecular weight is 249 g/mol. The van der Waals surface area contributed by atoms with E-state index in [0.717, 1.165) is 43.4 Å². The quantitative estimate of drug-likeness (QED) is 0.692. The third kappa shape index (κ3) is 5.77. The normalized spacial score (nSPS) is 10.3. The third-order valence-corrected chi connectivity index (χ3v) is 2.97. The number of nitrogens with zero attached hydrogens (tertiary/aromatic N) is 1. The first kappa shape index (κ1) is 14.6. The second-order valence-electron chi connectivity index (χ2n) is 4.53. The Hall–Kier alpha value is -1.42. The molecule has 100 valence electrons. The van der Waals surface area contributed by atoms with Crippen molar-refractivity contribution in [2.75, 3.05) is 6.54 Å². The molecule has 4 heteroatoms. The molecule has 0 aliphatic carbocycles. The first-order valence-corrected chi connectivity index (χ1v) is 6.60. The Morgan fingerprint density at radius 2 is 2.11 bits per heavy atom. The van der Waals surface area contributed by atoms with Gasteiger partial charge in [-0.25, -0.2) is 0 Å². The molecule has 0 unspecified atom stereocenters. The van der Waals surface area contributed by atoms with Gasteiger partial charge in [-0.15, -0.1) is 0 Å². The molecular weight excluding hydrogens is 226 g/mol. The average Bonchev–Trinajstić information content (AvgIpc) is 2.37. The molecule has 0 aliphatic heterocycles. The van der Waals surface area contributed by atoms with Crippen LogP contribution in [0.5, 0.6) is 0 Å². The van der Waals surface area contributed by atoms with Crippen LogP contribution in [0.25, 0.3) is 0 Å². The van der Waals surface area contributed by atoms with Gasteiger partial charge < -0.3 is 11.1 Å². The number of carbonyl (C=O) groups excluding carboxylic acids is 1. The number of hydrogen-bond acceptors (Lipinski definition) is 3. The van der Waals surface area contributed by atoms with Crippen molar-refractivity contribution >= 4 is 5.91 Å². The lowest BCUT2D eigenvalue weighted by atomic mass is 10.1. The molecule has 0 fully saturated rings. The second kappa shape index (κ2) is 8.64. The van der Waals surface area contributed by atoms with Crippen LogP contribution in [0.4, 0.5) is 0 Å². The van der Waals surface area contributed by atoms with Gasteiger partial charge in [-0.3, -0.25) is 9.78 Å². The van der Waals surface area contributed by atoms with Gasteiger partial charge >= 0.3 is 0 Å². The van der Waals surface area contributed by atoms with Crippen molar-refractivity contribution < 1.29 is 4.79 Å². The molecule has 3 N–H and O–H groups in total. The molecular formula is C14H23N3O. The Labute approximate surface area is 109 Å². The van der Waals surface area contributed by atoms with Gasteiger partial charge in [0, 0.05) is 25.4 Å². The maximum absolute atomic E-state index is 11.6. The number of hydrogen-bond donors (Lipinski definition) is 2. The SMILES string of the molecule is Cc1cnccc1CNC(=O)CCCCCCN. The van der Waals surface area contributed by atoms with Gasteiger partial charge in [0.1, 0.15) is 0 Å². The molecule has 0 saturated heterocycles. The molecule has 1 aromatic heterocycles. The molecule has 0 aromatic carbocycles. The summed E-state index contributed by atoms with van der Waals surface area (Å²) in [6.45, 7) is 3.34. The van der Waals surface area contributed by atoms with E-state index in [-0.39, 0.29) is 5.91 Å². The van der Waals surface area contributed by atoms with Crippen LogP contribution in [0.15, 0.2) is 18.5 Å². The van der Waals surface area contributed by atoms with Crippen LogP contribution in [0.3, 0.4) is 0 Å². The molecule has 0 aliphatic rings. The summed E-state index contributed by atoms with van der Waals surface area (Å²) in [7, 11) is 0. The summed E-state index contributed by atoms with van der Waals surface area (Å²) in [5.41, 5.74) is 7.65. The smallest absolute Gasteiger partial charge is 0.220 e. The van der Waals surface area contributed by atoms with Gasteiger partial charge in [0.25, 0.3) is 0 Å². The summed E-state index contributed by atoms with van der Waals surface area (Å²) in [4.78, 5) is 15.6. The van der Waals surface area contributed by atoms with E-state index in [9.17, 15) is 4.79 Å². The molecule has 0 atom stereocenters. The summed E-state index contributed by atoms with van der Waals surface area (Å²) in [6, 6.07) is 1.94. The topological polar surface area (TPSA) is 68.0 Å². The van der Waals surface area contributed by atoms with Crippen molar-refractivity contribution in [1.82, 2.24) is 10.3 Å². The van der Waals surface area contributed by atoms with Gasteiger partial charge in [-0.05, 0) is 43.5 Å². The maximum Gasteiger partial charge on any atom is 0.220 e. The van der Waals surface area contributed by atoms with Crippen LogP contribution in [0.1, 0.15) is 43.2 Å². The second-order valence-corrected chi connectivity index (χ2v) is 4.53. The number of aryl methyl sites for hydroxylation is 1. The Kier molecular flexibility index (Phi) is 7.03. The fourth-order valence-corrected chi connectivity index (χ4v) is 1.77. The molecule has 0 radical (unpaired) electrons. The number of rotatable bonds is 8. The van der Waals surface area contributed by atoms with Crippen LogP contribution >= 0.6 is 0 Å². The fraction of sp³-hybridized carbons (Fsp3) is 0.571. The van der Waals surface area contributed by atoms with Crippen LogP contribution in [-0.4, -0.2) is 17.4 Å². The number of aromatic nitrogens is 1. The molecule has 1 rings (SSSR count). The van der Waals surface area contributed by atoms with E-state index in [0.29, 0.717) is 13.0 Å². The van der Waals surface area contributed by atoms with Crippen molar-refractivity contribution in [2.24, 2.45) is 5.73 Å². The molecule has 18 heavy (non-hydrogen) atoms. The zero-order valence-electron chi connectivity index (χ0n) is 11.1. The standard InChI is InChI=1S/C14H23N3O/c1-12-10-16-9-7-13(12)11-17-14(18)6-4-2-3-5-8-15/h7,9-10H,2-6,8,11,15H2,1H3,(H,17,18). The summed E-state index contributed by atoms with van der Waals surface area (Å²) < 4.78 is 0. The molecule has 0 saturated carbocycles.